The zero-order valence-electron chi connectivity index (χ0n) is 58.5. The molecule has 8 rings (SSSR count). The Bertz CT molecular complexity index is 4560. The first-order valence-corrected chi connectivity index (χ1v) is 32.1. The summed E-state index contributed by atoms with van der Waals surface area (Å²) in [6.45, 7) is 2.71. The molecule has 13 N–H and O–H groups in total. The molecule has 0 aromatic carbocycles. The molecule has 0 unspecified atom stereocenters. The quantitative estimate of drug-likeness (QED) is 0.0253. The molecule has 0 spiro atoms. The van der Waals surface area contributed by atoms with Gasteiger partial charge < -0.3 is 111 Å². The second-order valence-electron chi connectivity index (χ2n) is 24.1. The van der Waals surface area contributed by atoms with E-state index in [4.69, 9.17) is 0 Å². The lowest BCUT2D eigenvalue weighted by Crippen LogP contribution is -2.32. The van der Waals surface area contributed by atoms with Gasteiger partial charge in [0, 0.05) is 165 Å². The first-order valence-electron chi connectivity index (χ1n) is 32.1. The van der Waals surface area contributed by atoms with Gasteiger partial charge in [-0.1, -0.05) is 0 Å². The number of carbonyl (C=O) groups excluding carboxylic acids is 13. The van der Waals surface area contributed by atoms with Crippen LogP contribution in [0.4, 0.5) is 46.0 Å². The fourth-order valence-electron chi connectivity index (χ4n) is 10.3. The van der Waals surface area contributed by atoms with E-state index in [1.165, 1.54) is 118 Å². The van der Waals surface area contributed by atoms with Crippen LogP contribution in [0.15, 0.2) is 73.8 Å². The highest BCUT2D eigenvalue weighted by molar-refractivity contribution is 6.07. The SMILES string of the molecule is CC(=O)Nc1cnc(C(=O)Nc2cc(C(=O)NCCC(=O)Nc3cc(C(=O)Nc4cn(C)c(C(=O)NCCCC(=O)Nc5cc(C(=O)Nc6cn(C)c(C(=O)NCCC(=O)Nc7cn(C)c(C(=O)Nc8cc(C(=O)NCCC(=O)NCCCN(C)C)n(C)c8)n7)n6)n(C)c5)n4)n(C)c3)n(C)c2)n1C. The number of nitrogens with zero attached hydrogens (tertiary/aromatic N) is 13. The van der Waals surface area contributed by atoms with Crippen LogP contribution in [0.3, 0.4) is 0 Å². The third-order valence-electron chi connectivity index (χ3n) is 15.4. The maximum atomic E-state index is 13.4. The van der Waals surface area contributed by atoms with Gasteiger partial charge in [0.15, 0.2) is 17.5 Å². The molecule has 0 radical (unpaired) electrons. The minimum atomic E-state index is -0.649. The molecule has 0 aliphatic rings. The van der Waals surface area contributed by atoms with Crippen LogP contribution in [-0.4, -0.2) is 192 Å². The zero-order chi connectivity index (χ0) is 74.9. The molecule has 0 saturated carbocycles. The van der Waals surface area contributed by atoms with Crippen molar-refractivity contribution in [2.45, 2.75) is 45.4 Å². The number of aryl methyl sites for hydroxylation is 7. The third kappa shape index (κ3) is 20.8. The fraction of sp³-hybridized carbons (Fsp3) is 0.359. The van der Waals surface area contributed by atoms with Gasteiger partial charge in [0.2, 0.25) is 52.8 Å². The van der Waals surface area contributed by atoms with Gasteiger partial charge in [0.05, 0.1) is 28.9 Å². The number of amides is 13. The summed E-state index contributed by atoms with van der Waals surface area (Å²) in [7, 11) is 16.5. The maximum absolute atomic E-state index is 13.4. The second-order valence-corrected chi connectivity index (χ2v) is 24.1. The summed E-state index contributed by atoms with van der Waals surface area (Å²) in [5.74, 6) is -6.19. The molecule has 0 fully saturated rings. The van der Waals surface area contributed by atoms with Gasteiger partial charge in [-0.05, 0) is 57.7 Å². The van der Waals surface area contributed by atoms with Crippen LogP contribution >= 0.6 is 0 Å². The lowest BCUT2D eigenvalue weighted by atomic mass is 10.3. The number of hydrogen-bond donors (Lipinski definition) is 13. The van der Waals surface area contributed by atoms with Crippen LogP contribution in [0.25, 0.3) is 0 Å². The van der Waals surface area contributed by atoms with Crippen molar-refractivity contribution in [3.05, 3.63) is 120 Å². The Kier molecular flexibility index (Phi) is 25.2. The normalized spacial score (nSPS) is 11.0. The minimum Gasteiger partial charge on any atom is -0.356 e. The molecule has 13 amide bonds. The van der Waals surface area contributed by atoms with E-state index in [2.05, 4.69) is 89.1 Å². The molecular weight excluding hydrogens is 1340 g/mol. The average Bonchev–Trinajstić information content (AvgIpc) is 1.70. The maximum Gasteiger partial charge on any atom is 0.291 e. The number of imidazole rings is 4. The van der Waals surface area contributed by atoms with E-state index in [-0.39, 0.29) is 134 Å². The molecular formula is C64H82N26O13. The Morgan fingerprint density at radius 2 is 0.709 bits per heavy atom. The largest absolute Gasteiger partial charge is 0.356 e. The number of nitrogens with one attached hydrogen (secondary N) is 13. The van der Waals surface area contributed by atoms with Gasteiger partial charge in [0.1, 0.15) is 28.6 Å². The molecule has 103 heavy (non-hydrogen) atoms. The lowest BCUT2D eigenvalue weighted by molar-refractivity contribution is -0.121. The molecule has 0 bridgehead atoms. The minimum absolute atomic E-state index is 0.0196. The van der Waals surface area contributed by atoms with Crippen molar-refractivity contribution < 1.29 is 62.3 Å². The van der Waals surface area contributed by atoms with E-state index in [1.807, 2.05) is 19.0 Å². The molecule has 39 nitrogen and oxygen atoms in total. The van der Waals surface area contributed by atoms with Crippen molar-refractivity contribution in [2.75, 3.05) is 95.9 Å². The Labute approximate surface area is 588 Å². The zero-order valence-corrected chi connectivity index (χ0v) is 58.5. The molecule has 0 atom stereocenters. The number of rotatable bonds is 33. The Morgan fingerprint density at radius 1 is 0.350 bits per heavy atom. The predicted molar refractivity (Wildman–Crippen MR) is 375 cm³/mol. The van der Waals surface area contributed by atoms with E-state index in [0.29, 0.717) is 35.1 Å². The highest BCUT2D eigenvalue weighted by Gasteiger charge is 2.25. The van der Waals surface area contributed by atoms with Gasteiger partial charge in [-0.3, -0.25) is 62.3 Å². The summed E-state index contributed by atoms with van der Waals surface area (Å²) < 4.78 is 11.6. The molecule has 39 heteroatoms. The van der Waals surface area contributed by atoms with Crippen LogP contribution in [0.5, 0.6) is 0 Å². The molecule has 0 aliphatic heterocycles. The van der Waals surface area contributed by atoms with Gasteiger partial charge >= 0.3 is 0 Å². The standard InChI is InChI=1S/C64H82N26O13/c1-36(91)71-48-28-70-53(90(48)11)63(102)74-39-26-41(83(4)31-39)58(97)68-21-16-51(94)73-38-25-44(86(7)30-38)60(99)80-46-34-87(8)54(78-46)61(100)66-18-12-14-50(93)72-37-24-43(85(6)29-37)59(98)81-47-35-88(9)55(79-47)62(101)69-22-17-52(95)76-45-33-89(10)56(77-45)64(103)75-40-27-42(84(5)32-40)57(96)67-20-15-49(92)65-19-13-23-82(2)3/h24-35H,12-23H2,1-11H3,(H,65,92)(H,66,100)(H,67,96)(H,68,97)(H,69,101)(H,71,91)(H,72,93)(H,73,94)(H,74,102)(H,75,103)(H,76,95)(H,80,99)(H,81,98). The van der Waals surface area contributed by atoms with E-state index in [9.17, 15) is 62.3 Å². The molecule has 8 aromatic heterocycles. The smallest absolute Gasteiger partial charge is 0.291 e. The predicted octanol–water partition coefficient (Wildman–Crippen LogP) is 0.796. The number of carbonyl (C=O) groups is 13. The second kappa shape index (κ2) is 34.2. The van der Waals surface area contributed by atoms with Gasteiger partial charge in [-0.2, -0.15) is 0 Å². The Morgan fingerprint density at radius 3 is 1.16 bits per heavy atom. The monoisotopic (exact) mass is 1420 g/mol. The third-order valence-corrected chi connectivity index (χ3v) is 15.4. The summed E-state index contributed by atoms with van der Waals surface area (Å²) in [6, 6.07) is 5.81. The number of hydrogen-bond acceptors (Lipinski definition) is 18. The first kappa shape index (κ1) is 75.8. The highest BCUT2D eigenvalue weighted by atomic mass is 16.2. The van der Waals surface area contributed by atoms with Crippen LogP contribution in [0, 0.1) is 0 Å². The van der Waals surface area contributed by atoms with E-state index in [0.717, 1.165) is 13.0 Å². The number of anilines is 8. The van der Waals surface area contributed by atoms with Crippen LogP contribution in [0.2, 0.25) is 0 Å². The van der Waals surface area contributed by atoms with Gasteiger partial charge in [0.25, 0.3) is 47.3 Å². The summed E-state index contributed by atoms with van der Waals surface area (Å²) >= 11 is 0. The lowest BCUT2D eigenvalue weighted by Gasteiger charge is -2.10. The molecule has 0 aliphatic carbocycles. The summed E-state index contributed by atoms with van der Waals surface area (Å²) in [5.41, 5.74) is 1.91. The van der Waals surface area contributed by atoms with Gasteiger partial charge in [-0.25, -0.2) is 19.9 Å². The van der Waals surface area contributed by atoms with E-state index < -0.39 is 65.0 Å². The van der Waals surface area contributed by atoms with Crippen LogP contribution < -0.4 is 69.1 Å². The Balaban J connectivity index is 0.700. The fourth-order valence-corrected chi connectivity index (χ4v) is 10.3. The van der Waals surface area contributed by atoms with Crippen molar-refractivity contribution in [1.82, 2.24) is 88.0 Å². The van der Waals surface area contributed by atoms with Gasteiger partial charge in [-0.15, -0.1) is 0 Å². The molecule has 0 saturated heterocycles. The van der Waals surface area contributed by atoms with Crippen molar-refractivity contribution >= 4 is 123 Å². The topological polar surface area (TPSA) is 473 Å². The van der Waals surface area contributed by atoms with E-state index in [1.54, 1.807) is 55.5 Å². The Hall–Kier alpha value is -13.0. The highest BCUT2D eigenvalue weighted by Crippen LogP contribution is 2.21. The van der Waals surface area contributed by atoms with E-state index >= 15 is 0 Å². The van der Waals surface area contributed by atoms with Crippen molar-refractivity contribution in [3.8, 4) is 0 Å². The van der Waals surface area contributed by atoms with Crippen molar-refractivity contribution in [3.63, 3.8) is 0 Å². The summed E-state index contributed by atoms with van der Waals surface area (Å²) in [5, 5.41) is 34.7. The van der Waals surface area contributed by atoms with Crippen LogP contribution in [0.1, 0.15) is 130 Å². The molecule has 546 valence electrons. The summed E-state index contributed by atoms with van der Waals surface area (Å²) in [4.78, 5) is 186. The summed E-state index contributed by atoms with van der Waals surface area (Å²) in [6.07, 6.45) is 12.5. The first-order chi connectivity index (χ1) is 48.9. The van der Waals surface area contributed by atoms with Crippen molar-refractivity contribution in [2.24, 2.45) is 56.4 Å². The number of aromatic nitrogens is 12. The molecule has 8 aromatic rings. The molecule has 8 heterocycles. The van der Waals surface area contributed by atoms with Crippen LogP contribution in [-0.2, 0) is 80.4 Å². The average molecular weight is 1420 g/mol. The van der Waals surface area contributed by atoms with Crippen molar-refractivity contribution in [1.29, 1.82) is 0 Å².